The number of aromatic hydroxyl groups is 2. The predicted octanol–water partition coefficient (Wildman–Crippen LogP) is 5.71. The van der Waals surface area contributed by atoms with Crippen molar-refractivity contribution < 1.29 is 14.9 Å². The molecule has 2 N–H and O–H groups in total. The van der Waals surface area contributed by atoms with E-state index in [0.29, 0.717) is 12.2 Å². The van der Waals surface area contributed by atoms with E-state index in [1.54, 1.807) is 6.07 Å². The van der Waals surface area contributed by atoms with Crippen molar-refractivity contribution in [1.29, 1.82) is 0 Å². The first kappa shape index (κ1) is 18.8. The van der Waals surface area contributed by atoms with E-state index in [0.717, 1.165) is 12.8 Å². The highest BCUT2D eigenvalue weighted by Gasteiger charge is 2.16. The first-order chi connectivity index (χ1) is 10.7. The van der Waals surface area contributed by atoms with Gasteiger partial charge in [0.15, 0.2) is 11.5 Å². The van der Waals surface area contributed by atoms with Gasteiger partial charge in [0.25, 0.3) is 0 Å². The quantitative estimate of drug-likeness (QED) is 0.384. The van der Waals surface area contributed by atoms with Crippen LogP contribution in [0.5, 0.6) is 11.5 Å². The van der Waals surface area contributed by atoms with E-state index < -0.39 is 0 Å². The molecule has 1 rings (SSSR count). The van der Waals surface area contributed by atoms with Gasteiger partial charge in [-0.3, -0.25) is 0 Å². The fraction of sp³-hybridized carbons (Fsp3) is 0.684. The summed E-state index contributed by atoms with van der Waals surface area (Å²) in [6, 6.07) is 5.05. The van der Waals surface area contributed by atoms with Crippen molar-refractivity contribution in [2.45, 2.75) is 77.7 Å². The molecule has 0 saturated carbocycles. The van der Waals surface area contributed by atoms with E-state index in [-0.39, 0.29) is 17.6 Å². The van der Waals surface area contributed by atoms with Crippen molar-refractivity contribution in [2.75, 3.05) is 6.61 Å². The van der Waals surface area contributed by atoms with Gasteiger partial charge in [-0.15, -0.1) is 0 Å². The summed E-state index contributed by atoms with van der Waals surface area (Å²) in [6.07, 6.45) is 10.9. The van der Waals surface area contributed by atoms with Crippen molar-refractivity contribution in [3.8, 4) is 11.5 Å². The average Bonchev–Trinajstić information content (AvgIpc) is 2.53. The number of phenolic OH excluding ortho intramolecular Hbond substituents is 2. The Morgan fingerprint density at radius 1 is 0.909 bits per heavy atom. The number of rotatable bonds is 12. The lowest BCUT2D eigenvalue weighted by Gasteiger charge is -2.18. The van der Waals surface area contributed by atoms with Crippen molar-refractivity contribution in [3.63, 3.8) is 0 Å². The van der Waals surface area contributed by atoms with Gasteiger partial charge in [0.05, 0.1) is 6.10 Å². The maximum atomic E-state index is 9.91. The lowest BCUT2D eigenvalue weighted by Crippen LogP contribution is -2.05. The van der Waals surface area contributed by atoms with Crippen LogP contribution < -0.4 is 0 Å². The summed E-state index contributed by atoms with van der Waals surface area (Å²) in [5.41, 5.74) is 0.682. The number of ether oxygens (including phenoxy) is 1. The first-order valence-electron chi connectivity index (χ1n) is 8.83. The van der Waals surface area contributed by atoms with Gasteiger partial charge in [-0.05, 0) is 18.9 Å². The molecule has 1 aromatic carbocycles. The summed E-state index contributed by atoms with van der Waals surface area (Å²) in [7, 11) is 0. The molecule has 0 aliphatic rings. The summed E-state index contributed by atoms with van der Waals surface area (Å²) in [4.78, 5) is 0. The lowest BCUT2D eigenvalue weighted by molar-refractivity contribution is 0.0455. The zero-order chi connectivity index (χ0) is 16.2. The van der Waals surface area contributed by atoms with Crippen LogP contribution in [-0.4, -0.2) is 16.8 Å². The molecule has 0 fully saturated rings. The third kappa shape index (κ3) is 6.69. The van der Waals surface area contributed by atoms with Gasteiger partial charge in [-0.2, -0.15) is 0 Å². The Bertz CT molecular complexity index is 404. The fourth-order valence-electron chi connectivity index (χ4n) is 2.70. The average molecular weight is 308 g/mol. The molecule has 0 heterocycles. The van der Waals surface area contributed by atoms with Crippen LogP contribution in [0.25, 0.3) is 0 Å². The molecule has 0 aliphatic carbocycles. The van der Waals surface area contributed by atoms with Crippen LogP contribution in [0.4, 0.5) is 0 Å². The molecule has 0 saturated heterocycles. The molecule has 3 nitrogen and oxygen atoms in total. The molecule has 0 aliphatic heterocycles. The second-order valence-electron chi connectivity index (χ2n) is 5.96. The van der Waals surface area contributed by atoms with Gasteiger partial charge >= 0.3 is 0 Å². The smallest absolute Gasteiger partial charge is 0.163 e. The van der Waals surface area contributed by atoms with Crippen molar-refractivity contribution in [1.82, 2.24) is 0 Å². The molecule has 3 heteroatoms. The molecule has 0 bridgehead atoms. The minimum Gasteiger partial charge on any atom is -0.504 e. The summed E-state index contributed by atoms with van der Waals surface area (Å²) >= 11 is 0. The van der Waals surface area contributed by atoms with Crippen LogP contribution >= 0.6 is 0 Å². The SMILES string of the molecule is CCCCCCCCCCOC(CC)c1cccc(O)c1O. The van der Waals surface area contributed by atoms with E-state index in [9.17, 15) is 10.2 Å². The van der Waals surface area contributed by atoms with Gasteiger partial charge in [0.1, 0.15) is 0 Å². The normalized spacial score (nSPS) is 12.5. The standard InChI is InChI=1S/C19H32O3/c1-3-5-6-7-8-9-10-11-15-22-18(4-2)16-13-12-14-17(20)19(16)21/h12-14,18,20-21H,3-11,15H2,1-2H3. The number of phenols is 2. The van der Waals surface area contributed by atoms with Gasteiger partial charge in [0.2, 0.25) is 0 Å². The lowest BCUT2D eigenvalue weighted by atomic mass is 10.1. The second-order valence-corrected chi connectivity index (χ2v) is 5.96. The Balaban J connectivity index is 2.21. The van der Waals surface area contributed by atoms with Gasteiger partial charge in [-0.25, -0.2) is 0 Å². The Morgan fingerprint density at radius 3 is 2.18 bits per heavy atom. The molecule has 0 spiro atoms. The maximum absolute atomic E-state index is 9.91. The highest BCUT2D eigenvalue weighted by Crippen LogP contribution is 2.35. The zero-order valence-electron chi connectivity index (χ0n) is 14.2. The van der Waals surface area contributed by atoms with E-state index in [2.05, 4.69) is 6.92 Å². The minimum absolute atomic E-state index is 0.0507. The van der Waals surface area contributed by atoms with E-state index in [4.69, 9.17) is 4.74 Å². The van der Waals surface area contributed by atoms with Crippen LogP contribution in [0.1, 0.15) is 83.3 Å². The number of para-hydroxylation sites is 1. The van der Waals surface area contributed by atoms with Crippen LogP contribution in [0, 0.1) is 0 Å². The van der Waals surface area contributed by atoms with Crippen LogP contribution in [0.2, 0.25) is 0 Å². The molecule has 126 valence electrons. The topological polar surface area (TPSA) is 49.7 Å². The Kier molecular flexibility index (Phi) is 9.72. The Hall–Kier alpha value is -1.22. The third-order valence-electron chi connectivity index (χ3n) is 4.08. The van der Waals surface area contributed by atoms with E-state index >= 15 is 0 Å². The molecule has 0 radical (unpaired) electrons. The summed E-state index contributed by atoms with van der Waals surface area (Å²) < 4.78 is 5.89. The number of hydrogen-bond donors (Lipinski definition) is 2. The van der Waals surface area contributed by atoms with Crippen molar-refractivity contribution >= 4 is 0 Å². The van der Waals surface area contributed by atoms with Crippen LogP contribution in [-0.2, 0) is 4.74 Å². The molecular formula is C19H32O3. The van der Waals surface area contributed by atoms with Crippen molar-refractivity contribution in [2.24, 2.45) is 0 Å². The van der Waals surface area contributed by atoms with Crippen LogP contribution in [0.3, 0.4) is 0 Å². The Morgan fingerprint density at radius 2 is 1.55 bits per heavy atom. The zero-order valence-corrected chi connectivity index (χ0v) is 14.2. The molecular weight excluding hydrogens is 276 g/mol. The highest BCUT2D eigenvalue weighted by molar-refractivity contribution is 5.45. The largest absolute Gasteiger partial charge is 0.504 e. The summed E-state index contributed by atoms with van der Waals surface area (Å²) in [5, 5.41) is 19.5. The molecule has 1 atom stereocenters. The van der Waals surface area contributed by atoms with E-state index in [1.807, 2.05) is 13.0 Å². The van der Waals surface area contributed by atoms with Gasteiger partial charge in [0, 0.05) is 12.2 Å². The molecule has 22 heavy (non-hydrogen) atoms. The number of unbranched alkanes of at least 4 members (excludes halogenated alkanes) is 7. The van der Waals surface area contributed by atoms with Crippen molar-refractivity contribution in [3.05, 3.63) is 23.8 Å². The number of hydrogen-bond acceptors (Lipinski definition) is 3. The summed E-state index contributed by atoms with van der Waals surface area (Å²) in [5.74, 6) is -0.128. The first-order valence-corrected chi connectivity index (χ1v) is 8.83. The van der Waals surface area contributed by atoms with Gasteiger partial charge in [-0.1, -0.05) is 70.9 Å². The molecule has 1 unspecified atom stereocenters. The molecule has 0 amide bonds. The molecule has 0 aromatic heterocycles. The fourth-order valence-corrected chi connectivity index (χ4v) is 2.70. The summed E-state index contributed by atoms with van der Waals surface area (Å²) in [6.45, 7) is 4.98. The Labute approximate surface area is 135 Å². The highest BCUT2D eigenvalue weighted by atomic mass is 16.5. The number of benzene rings is 1. The third-order valence-corrected chi connectivity index (χ3v) is 4.08. The van der Waals surface area contributed by atoms with Gasteiger partial charge < -0.3 is 14.9 Å². The minimum atomic E-state index is -0.142. The molecule has 1 aromatic rings. The maximum Gasteiger partial charge on any atom is 0.163 e. The van der Waals surface area contributed by atoms with E-state index in [1.165, 1.54) is 51.0 Å². The second kappa shape index (κ2) is 11.4. The predicted molar refractivity (Wildman–Crippen MR) is 91.4 cm³/mol. The monoisotopic (exact) mass is 308 g/mol. The van der Waals surface area contributed by atoms with Crippen LogP contribution in [0.15, 0.2) is 18.2 Å².